The first-order chi connectivity index (χ1) is 13.8. The average molecular weight is 398 g/mol. The van der Waals surface area contributed by atoms with Crippen molar-refractivity contribution in [2.45, 2.75) is 33.4 Å². The number of nitrogens with one attached hydrogen (secondary N) is 2. The number of hydrogen-bond acceptors (Lipinski definition) is 4. The minimum Gasteiger partial charge on any atom is -0.494 e. The molecule has 2 amide bonds. The lowest BCUT2D eigenvalue weighted by atomic mass is 10.0. The molecule has 0 aromatic heterocycles. The van der Waals surface area contributed by atoms with Gasteiger partial charge in [-0.2, -0.15) is 0 Å². The lowest BCUT2D eigenvalue weighted by Crippen LogP contribution is -2.49. The lowest BCUT2D eigenvalue weighted by Gasteiger charge is -2.22. The van der Waals surface area contributed by atoms with Gasteiger partial charge in [0.1, 0.15) is 11.8 Å². The second-order valence-corrected chi connectivity index (χ2v) is 7.43. The van der Waals surface area contributed by atoms with E-state index in [4.69, 9.17) is 4.74 Å². The molecule has 29 heavy (non-hydrogen) atoms. The summed E-state index contributed by atoms with van der Waals surface area (Å²) in [5.41, 5.74) is 2.57. The van der Waals surface area contributed by atoms with Crippen LogP contribution in [-0.2, 0) is 11.3 Å². The number of ether oxygens (including phenoxy) is 1. The highest BCUT2D eigenvalue weighted by Gasteiger charge is 2.24. The van der Waals surface area contributed by atoms with Gasteiger partial charge in [-0.25, -0.2) is 0 Å². The van der Waals surface area contributed by atoms with Crippen LogP contribution in [0.2, 0.25) is 0 Å². The highest BCUT2D eigenvalue weighted by atomic mass is 16.5. The van der Waals surface area contributed by atoms with Crippen molar-refractivity contribution in [3.8, 4) is 5.75 Å². The number of hydrogen-bond donors (Lipinski definition) is 2. The van der Waals surface area contributed by atoms with Crippen LogP contribution in [0.25, 0.3) is 0 Å². The zero-order valence-electron chi connectivity index (χ0n) is 17.9. The topological polar surface area (TPSA) is 70.7 Å². The van der Waals surface area contributed by atoms with Crippen LogP contribution in [0.15, 0.2) is 48.5 Å². The molecule has 156 valence electrons. The van der Waals surface area contributed by atoms with Gasteiger partial charge in [0.05, 0.1) is 6.61 Å². The summed E-state index contributed by atoms with van der Waals surface area (Å²) in [5, 5.41) is 5.79. The van der Waals surface area contributed by atoms with E-state index in [1.54, 1.807) is 24.3 Å². The van der Waals surface area contributed by atoms with Gasteiger partial charge in [0.25, 0.3) is 5.91 Å². The summed E-state index contributed by atoms with van der Waals surface area (Å²) in [6, 6.07) is 14.3. The van der Waals surface area contributed by atoms with Crippen molar-refractivity contribution in [3.05, 3.63) is 59.7 Å². The molecule has 2 N–H and O–H groups in total. The minimum absolute atomic E-state index is 0.0465. The predicted molar refractivity (Wildman–Crippen MR) is 116 cm³/mol. The van der Waals surface area contributed by atoms with Gasteiger partial charge in [0, 0.05) is 31.9 Å². The smallest absolute Gasteiger partial charge is 0.251 e. The number of carbonyl (C=O) groups is 2. The van der Waals surface area contributed by atoms with Crippen molar-refractivity contribution in [3.63, 3.8) is 0 Å². The van der Waals surface area contributed by atoms with Crippen molar-refractivity contribution in [2.75, 3.05) is 25.6 Å². The molecule has 0 aliphatic carbocycles. The Bertz CT molecular complexity index is 816. The van der Waals surface area contributed by atoms with Crippen molar-refractivity contribution in [1.82, 2.24) is 10.6 Å². The van der Waals surface area contributed by atoms with Gasteiger partial charge in [0.2, 0.25) is 5.91 Å². The molecule has 0 saturated carbocycles. The summed E-state index contributed by atoms with van der Waals surface area (Å²) in [5.74, 6) is 0.183. The van der Waals surface area contributed by atoms with Crippen LogP contribution in [0.1, 0.15) is 36.7 Å². The first-order valence-corrected chi connectivity index (χ1v) is 9.89. The fourth-order valence-corrected chi connectivity index (χ4v) is 2.87. The molecule has 2 rings (SSSR count). The van der Waals surface area contributed by atoms with Crippen LogP contribution >= 0.6 is 0 Å². The molecule has 0 heterocycles. The van der Waals surface area contributed by atoms with Crippen LogP contribution in [0.5, 0.6) is 5.75 Å². The first kappa shape index (κ1) is 22.3. The fraction of sp³-hybridized carbons (Fsp3) is 0.391. The van der Waals surface area contributed by atoms with Gasteiger partial charge in [0.15, 0.2) is 0 Å². The van der Waals surface area contributed by atoms with E-state index in [0.29, 0.717) is 24.5 Å². The molecule has 0 aliphatic rings. The third-order valence-electron chi connectivity index (χ3n) is 4.56. The summed E-state index contributed by atoms with van der Waals surface area (Å²) in [6.07, 6.45) is 0. The van der Waals surface area contributed by atoms with Gasteiger partial charge in [-0.15, -0.1) is 0 Å². The largest absolute Gasteiger partial charge is 0.494 e. The van der Waals surface area contributed by atoms with E-state index in [2.05, 4.69) is 10.6 Å². The van der Waals surface area contributed by atoms with E-state index in [0.717, 1.165) is 11.3 Å². The molecular formula is C23H31N3O3. The number of rotatable bonds is 9. The maximum Gasteiger partial charge on any atom is 0.251 e. The molecular weight excluding hydrogens is 366 g/mol. The second-order valence-electron chi connectivity index (χ2n) is 7.43. The lowest BCUT2D eigenvalue weighted by molar-refractivity contribution is -0.124. The van der Waals surface area contributed by atoms with Crippen LogP contribution < -0.4 is 20.3 Å². The Labute approximate surface area is 173 Å². The van der Waals surface area contributed by atoms with Gasteiger partial charge in [-0.05, 0) is 54.8 Å². The fourth-order valence-electron chi connectivity index (χ4n) is 2.87. The third-order valence-corrected chi connectivity index (χ3v) is 4.56. The zero-order chi connectivity index (χ0) is 21.4. The third kappa shape index (κ3) is 6.52. The van der Waals surface area contributed by atoms with Crippen molar-refractivity contribution >= 4 is 17.5 Å². The van der Waals surface area contributed by atoms with E-state index in [-0.39, 0.29) is 17.7 Å². The molecule has 6 nitrogen and oxygen atoms in total. The molecule has 0 saturated heterocycles. The Kier molecular flexibility index (Phi) is 8.07. The van der Waals surface area contributed by atoms with Gasteiger partial charge in [-0.1, -0.05) is 26.0 Å². The summed E-state index contributed by atoms with van der Waals surface area (Å²) in [6.45, 7) is 6.70. The summed E-state index contributed by atoms with van der Waals surface area (Å²) in [4.78, 5) is 27.3. The molecule has 2 aromatic rings. The van der Waals surface area contributed by atoms with Gasteiger partial charge >= 0.3 is 0 Å². The second kappa shape index (κ2) is 10.5. The number of amides is 2. The molecule has 2 aromatic carbocycles. The molecule has 0 aliphatic heterocycles. The molecule has 0 bridgehead atoms. The SMILES string of the molecule is CCOc1ccc(C(=O)NC(C(=O)NCc2cccc(N(C)C)c2)C(C)C)cc1. The van der Waals surface area contributed by atoms with Gasteiger partial charge in [-0.3, -0.25) is 9.59 Å². The molecule has 0 fully saturated rings. The molecule has 6 heteroatoms. The highest BCUT2D eigenvalue weighted by Crippen LogP contribution is 2.14. The Morgan fingerprint density at radius 3 is 2.34 bits per heavy atom. The molecule has 1 unspecified atom stereocenters. The van der Waals surface area contributed by atoms with E-state index >= 15 is 0 Å². The number of benzene rings is 2. The maximum atomic E-state index is 12.7. The predicted octanol–water partition coefficient (Wildman–Crippen LogP) is 3.22. The van der Waals surface area contributed by atoms with E-state index < -0.39 is 6.04 Å². The number of carbonyl (C=O) groups excluding carboxylic acids is 2. The van der Waals surface area contributed by atoms with E-state index in [9.17, 15) is 9.59 Å². The quantitative estimate of drug-likeness (QED) is 0.682. The highest BCUT2D eigenvalue weighted by molar-refractivity contribution is 5.97. The summed E-state index contributed by atoms with van der Waals surface area (Å²) < 4.78 is 5.40. The normalized spacial score (nSPS) is 11.7. The molecule has 1 atom stereocenters. The van der Waals surface area contributed by atoms with E-state index in [1.165, 1.54) is 0 Å². The Morgan fingerprint density at radius 1 is 1.07 bits per heavy atom. The van der Waals surface area contributed by atoms with Crippen LogP contribution in [0, 0.1) is 5.92 Å². The Morgan fingerprint density at radius 2 is 1.76 bits per heavy atom. The van der Waals surface area contributed by atoms with Crippen molar-refractivity contribution < 1.29 is 14.3 Å². The average Bonchev–Trinajstić information content (AvgIpc) is 2.70. The summed E-state index contributed by atoms with van der Waals surface area (Å²) in [7, 11) is 3.95. The minimum atomic E-state index is -0.619. The molecule has 0 radical (unpaired) electrons. The van der Waals surface area contributed by atoms with Crippen LogP contribution in [0.3, 0.4) is 0 Å². The van der Waals surface area contributed by atoms with Crippen LogP contribution in [0.4, 0.5) is 5.69 Å². The van der Waals surface area contributed by atoms with E-state index in [1.807, 2.05) is 64.0 Å². The first-order valence-electron chi connectivity index (χ1n) is 9.89. The zero-order valence-corrected chi connectivity index (χ0v) is 17.9. The number of anilines is 1. The number of nitrogens with zero attached hydrogens (tertiary/aromatic N) is 1. The summed E-state index contributed by atoms with van der Waals surface area (Å²) >= 11 is 0. The van der Waals surface area contributed by atoms with Gasteiger partial charge < -0.3 is 20.3 Å². The molecule has 0 spiro atoms. The van der Waals surface area contributed by atoms with Crippen LogP contribution in [-0.4, -0.2) is 38.6 Å². The van der Waals surface area contributed by atoms with Crippen molar-refractivity contribution in [1.29, 1.82) is 0 Å². The maximum absolute atomic E-state index is 12.7. The standard InChI is InChI=1S/C23H31N3O3/c1-6-29-20-12-10-18(11-13-20)22(27)25-21(16(2)3)23(28)24-15-17-8-7-9-19(14-17)26(4)5/h7-14,16,21H,6,15H2,1-5H3,(H,24,28)(H,25,27). The Hall–Kier alpha value is -3.02. The monoisotopic (exact) mass is 397 g/mol. The van der Waals surface area contributed by atoms with Crippen molar-refractivity contribution in [2.24, 2.45) is 5.92 Å². The Balaban J connectivity index is 2.00.